The van der Waals surface area contributed by atoms with E-state index in [1.165, 1.54) is 17.7 Å². The van der Waals surface area contributed by atoms with Gasteiger partial charge in [0.1, 0.15) is 11.9 Å². The van der Waals surface area contributed by atoms with E-state index in [2.05, 4.69) is 18.3 Å². The number of benzene rings is 1. The molecule has 0 aromatic heterocycles. The highest BCUT2D eigenvalue weighted by atomic mass is 19.1. The lowest BCUT2D eigenvalue weighted by Gasteiger charge is -2.52. The fourth-order valence-corrected chi connectivity index (χ4v) is 4.96. The maximum Gasteiger partial charge on any atom is 0.252 e. The van der Waals surface area contributed by atoms with Crippen LogP contribution in [0.4, 0.5) is 4.39 Å². The number of piperidine rings is 1. The SMILES string of the molecule is CC1=CC=C([C@@]2(O)CCN(C(=O)[C@H](NC(=O)c3cc(F)ccc3C)C(C)C)CC2(C)C)CC1. The third-order valence-electron chi connectivity index (χ3n) is 7.31. The summed E-state index contributed by atoms with van der Waals surface area (Å²) in [6.45, 7) is 12.4. The van der Waals surface area contributed by atoms with Gasteiger partial charge in [0.25, 0.3) is 5.91 Å². The number of hydrogen-bond donors (Lipinski definition) is 2. The first-order valence-corrected chi connectivity index (χ1v) is 11.8. The minimum absolute atomic E-state index is 0.145. The zero-order chi connectivity index (χ0) is 24.6. The van der Waals surface area contributed by atoms with E-state index < -0.39 is 28.8 Å². The normalized spacial score (nSPS) is 23.6. The van der Waals surface area contributed by atoms with Crippen molar-refractivity contribution in [2.75, 3.05) is 13.1 Å². The number of nitrogens with one attached hydrogen (secondary N) is 1. The summed E-state index contributed by atoms with van der Waals surface area (Å²) >= 11 is 0. The Hall–Kier alpha value is -2.47. The summed E-state index contributed by atoms with van der Waals surface area (Å²) < 4.78 is 13.7. The summed E-state index contributed by atoms with van der Waals surface area (Å²) in [6, 6.07) is 3.33. The Morgan fingerprint density at radius 1 is 1.15 bits per heavy atom. The summed E-state index contributed by atoms with van der Waals surface area (Å²) in [5.41, 5.74) is 1.69. The molecule has 1 aromatic rings. The van der Waals surface area contributed by atoms with Crippen molar-refractivity contribution in [2.45, 2.75) is 72.4 Å². The van der Waals surface area contributed by atoms with Crippen LogP contribution in [0.5, 0.6) is 0 Å². The molecule has 2 aliphatic rings. The monoisotopic (exact) mass is 456 g/mol. The van der Waals surface area contributed by atoms with E-state index >= 15 is 0 Å². The lowest BCUT2D eigenvalue weighted by atomic mass is 9.64. The minimum atomic E-state index is -0.976. The molecule has 1 heterocycles. The lowest BCUT2D eigenvalue weighted by Crippen LogP contribution is -2.62. The first-order chi connectivity index (χ1) is 15.4. The summed E-state index contributed by atoms with van der Waals surface area (Å²) in [6.07, 6.45) is 6.33. The molecule has 1 aromatic carbocycles. The first kappa shape index (κ1) is 25.2. The molecule has 0 radical (unpaired) electrons. The average Bonchev–Trinajstić information content (AvgIpc) is 2.75. The third-order valence-corrected chi connectivity index (χ3v) is 7.31. The highest BCUT2D eigenvalue weighted by molar-refractivity contribution is 5.98. The molecule has 1 saturated heterocycles. The Bertz CT molecular complexity index is 995. The fourth-order valence-electron chi connectivity index (χ4n) is 4.96. The fraction of sp³-hybridized carbons (Fsp3) is 0.556. The van der Waals surface area contributed by atoms with E-state index in [0.717, 1.165) is 18.4 Å². The van der Waals surface area contributed by atoms with Gasteiger partial charge in [0.2, 0.25) is 5.91 Å². The van der Waals surface area contributed by atoms with Gasteiger partial charge >= 0.3 is 0 Å². The maximum absolute atomic E-state index is 13.7. The molecule has 2 N–H and O–H groups in total. The molecule has 2 amide bonds. The van der Waals surface area contributed by atoms with Crippen LogP contribution in [0.25, 0.3) is 0 Å². The van der Waals surface area contributed by atoms with Crippen LogP contribution in [0.2, 0.25) is 0 Å². The van der Waals surface area contributed by atoms with E-state index in [0.29, 0.717) is 25.1 Å². The summed E-state index contributed by atoms with van der Waals surface area (Å²) in [4.78, 5) is 28.1. The molecule has 0 spiro atoms. The standard InChI is InChI=1S/C27H37FN2O3/c1-17(2)23(29-24(31)22-15-21(28)12-9-19(22)4)25(32)30-14-13-27(33,26(5,6)16-30)20-10-7-18(3)8-11-20/h7,9-10,12,15,17,23,33H,8,11,13-14,16H2,1-6H3,(H,29,31)/t23-,27+/m1/s1. The van der Waals surface area contributed by atoms with Crippen LogP contribution >= 0.6 is 0 Å². The molecule has 1 fully saturated rings. The number of hydrogen-bond acceptors (Lipinski definition) is 3. The molecule has 1 aliphatic carbocycles. The van der Waals surface area contributed by atoms with Gasteiger partial charge in [-0.1, -0.05) is 51.5 Å². The number of carbonyl (C=O) groups is 2. The summed E-state index contributed by atoms with van der Waals surface area (Å²) in [5, 5.41) is 14.5. The zero-order valence-electron chi connectivity index (χ0n) is 20.7. The van der Waals surface area contributed by atoms with Crippen LogP contribution in [0, 0.1) is 24.1 Å². The highest BCUT2D eigenvalue weighted by Crippen LogP contribution is 2.46. The number of aryl methyl sites for hydroxylation is 1. The van der Waals surface area contributed by atoms with Gasteiger partial charge in [-0.15, -0.1) is 0 Å². The second kappa shape index (κ2) is 9.41. The van der Waals surface area contributed by atoms with Crippen molar-refractivity contribution in [3.63, 3.8) is 0 Å². The second-order valence-corrected chi connectivity index (χ2v) is 10.6. The molecule has 33 heavy (non-hydrogen) atoms. The van der Waals surface area contributed by atoms with Gasteiger partial charge in [0, 0.05) is 24.1 Å². The summed E-state index contributed by atoms with van der Waals surface area (Å²) in [5.74, 6) is -1.26. The number of nitrogens with zero attached hydrogens (tertiary/aromatic N) is 1. The number of allylic oxidation sites excluding steroid dienone is 3. The smallest absolute Gasteiger partial charge is 0.252 e. The van der Waals surface area contributed by atoms with Gasteiger partial charge in [0.05, 0.1) is 5.60 Å². The van der Waals surface area contributed by atoms with E-state index in [9.17, 15) is 19.1 Å². The van der Waals surface area contributed by atoms with E-state index in [1.807, 2.05) is 33.8 Å². The Labute approximate surface area is 196 Å². The van der Waals surface area contributed by atoms with Gasteiger partial charge in [-0.25, -0.2) is 4.39 Å². The van der Waals surface area contributed by atoms with Crippen molar-refractivity contribution < 1.29 is 19.1 Å². The van der Waals surface area contributed by atoms with E-state index in [4.69, 9.17) is 0 Å². The van der Waals surface area contributed by atoms with Crippen molar-refractivity contribution in [2.24, 2.45) is 11.3 Å². The molecule has 0 bridgehead atoms. The topological polar surface area (TPSA) is 69.6 Å². The van der Waals surface area contributed by atoms with Crippen LogP contribution < -0.4 is 5.32 Å². The molecule has 3 rings (SSSR count). The predicted octanol–water partition coefficient (Wildman–Crippen LogP) is 4.54. The number of likely N-dealkylation sites (tertiary alicyclic amines) is 1. The van der Waals surface area contributed by atoms with Gasteiger partial charge in [-0.2, -0.15) is 0 Å². The van der Waals surface area contributed by atoms with Crippen LogP contribution in [0.1, 0.15) is 69.8 Å². The van der Waals surface area contributed by atoms with Gasteiger partial charge in [-0.05, 0) is 62.3 Å². The molecule has 2 atom stereocenters. The van der Waals surface area contributed by atoms with Crippen molar-refractivity contribution in [1.82, 2.24) is 10.2 Å². The highest BCUT2D eigenvalue weighted by Gasteiger charge is 2.51. The van der Waals surface area contributed by atoms with Crippen LogP contribution in [0.3, 0.4) is 0 Å². The Kier molecular flexibility index (Phi) is 7.18. The number of carbonyl (C=O) groups excluding carboxylic acids is 2. The zero-order valence-corrected chi connectivity index (χ0v) is 20.7. The largest absolute Gasteiger partial charge is 0.385 e. The Balaban J connectivity index is 1.77. The molecular weight excluding hydrogens is 419 g/mol. The van der Waals surface area contributed by atoms with Crippen molar-refractivity contribution in [3.8, 4) is 0 Å². The Morgan fingerprint density at radius 3 is 2.42 bits per heavy atom. The van der Waals surface area contributed by atoms with Crippen molar-refractivity contribution in [1.29, 1.82) is 0 Å². The molecule has 5 nitrogen and oxygen atoms in total. The number of rotatable bonds is 5. The average molecular weight is 457 g/mol. The number of aliphatic hydroxyl groups is 1. The van der Waals surface area contributed by atoms with Gasteiger partial charge in [-0.3, -0.25) is 9.59 Å². The van der Waals surface area contributed by atoms with Gasteiger partial charge in [0.15, 0.2) is 0 Å². The molecule has 1 aliphatic heterocycles. The first-order valence-electron chi connectivity index (χ1n) is 11.8. The summed E-state index contributed by atoms with van der Waals surface area (Å²) in [7, 11) is 0. The van der Waals surface area contributed by atoms with Gasteiger partial charge < -0.3 is 15.3 Å². The third kappa shape index (κ3) is 5.06. The van der Waals surface area contributed by atoms with Crippen LogP contribution in [-0.4, -0.2) is 46.6 Å². The number of halogens is 1. The maximum atomic E-state index is 13.7. The molecule has 0 unspecified atom stereocenters. The molecule has 0 saturated carbocycles. The van der Waals surface area contributed by atoms with Crippen LogP contribution in [-0.2, 0) is 4.79 Å². The Morgan fingerprint density at radius 2 is 1.85 bits per heavy atom. The van der Waals surface area contributed by atoms with Crippen molar-refractivity contribution in [3.05, 3.63) is 58.4 Å². The molecule has 6 heteroatoms. The minimum Gasteiger partial charge on any atom is -0.385 e. The van der Waals surface area contributed by atoms with E-state index in [-0.39, 0.29) is 17.4 Å². The predicted molar refractivity (Wildman–Crippen MR) is 128 cm³/mol. The van der Waals surface area contributed by atoms with Crippen molar-refractivity contribution >= 4 is 11.8 Å². The quantitative estimate of drug-likeness (QED) is 0.683. The lowest BCUT2D eigenvalue weighted by molar-refractivity contribution is -0.147. The van der Waals surface area contributed by atoms with E-state index in [1.54, 1.807) is 17.9 Å². The molecular formula is C27H37FN2O3. The van der Waals surface area contributed by atoms with Crippen LogP contribution in [0.15, 0.2) is 41.5 Å². The second-order valence-electron chi connectivity index (χ2n) is 10.6. The molecule has 180 valence electrons. The number of amides is 2.